The summed E-state index contributed by atoms with van der Waals surface area (Å²) in [5.74, 6) is 0.638. The van der Waals surface area contributed by atoms with Crippen LogP contribution in [0.3, 0.4) is 0 Å². The van der Waals surface area contributed by atoms with Crippen LogP contribution in [0.1, 0.15) is 25.1 Å². The summed E-state index contributed by atoms with van der Waals surface area (Å²) in [5.41, 5.74) is 3.86. The summed E-state index contributed by atoms with van der Waals surface area (Å²) >= 11 is 0. The lowest BCUT2D eigenvalue weighted by atomic mass is 10.1. The average molecular weight is 245 g/mol. The Morgan fingerprint density at radius 1 is 1.28 bits per heavy atom. The van der Waals surface area contributed by atoms with Gasteiger partial charge in [-0.2, -0.15) is 5.10 Å². The fraction of sp³-hybridized carbons (Fsp3) is 0.462. The third-order valence-corrected chi connectivity index (χ3v) is 2.70. The maximum absolute atomic E-state index is 4.36. The van der Waals surface area contributed by atoms with Gasteiger partial charge in [-0.15, -0.1) is 0 Å². The lowest BCUT2D eigenvalue weighted by Crippen LogP contribution is -2.19. The van der Waals surface area contributed by atoms with Crippen molar-refractivity contribution in [2.75, 3.05) is 6.54 Å². The Balaban J connectivity index is 2.15. The van der Waals surface area contributed by atoms with Crippen molar-refractivity contribution in [3.8, 4) is 11.4 Å². The maximum Gasteiger partial charge on any atom is 0.110 e. The summed E-state index contributed by atoms with van der Waals surface area (Å²) in [4.78, 5) is 8.62. The summed E-state index contributed by atoms with van der Waals surface area (Å²) in [7, 11) is 0. The normalized spacial score (nSPS) is 11.1. The van der Waals surface area contributed by atoms with Crippen molar-refractivity contribution in [1.82, 2.24) is 25.5 Å². The second kappa shape index (κ2) is 5.73. The van der Waals surface area contributed by atoms with Gasteiger partial charge in [0.25, 0.3) is 0 Å². The van der Waals surface area contributed by atoms with Crippen molar-refractivity contribution in [3.05, 3.63) is 29.8 Å². The largest absolute Gasteiger partial charge is 0.312 e. The molecule has 0 saturated heterocycles. The molecule has 0 unspecified atom stereocenters. The molecule has 0 bridgehead atoms. The molecule has 5 nitrogen and oxygen atoms in total. The highest BCUT2D eigenvalue weighted by Gasteiger charge is 2.11. The van der Waals surface area contributed by atoms with Gasteiger partial charge in [0, 0.05) is 24.5 Å². The van der Waals surface area contributed by atoms with Crippen molar-refractivity contribution in [2.45, 2.75) is 27.3 Å². The Labute approximate surface area is 107 Å². The predicted octanol–water partition coefficient (Wildman–Crippen LogP) is 1.92. The second-order valence-corrected chi connectivity index (χ2v) is 4.79. The molecular weight excluding hydrogens is 226 g/mol. The monoisotopic (exact) mass is 245 g/mol. The average Bonchev–Trinajstić information content (AvgIpc) is 2.77. The SMILES string of the molecule is Cc1nccnc1-c1[nH]ncc1CNCC(C)C. The number of nitrogens with one attached hydrogen (secondary N) is 2. The number of H-pyrrole nitrogens is 1. The van der Waals surface area contributed by atoms with Gasteiger partial charge in [-0.3, -0.25) is 15.1 Å². The van der Waals surface area contributed by atoms with Crippen LogP contribution in [0, 0.1) is 12.8 Å². The molecule has 0 radical (unpaired) electrons. The fourth-order valence-corrected chi connectivity index (χ4v) is 1.80. The fourth-order valence-electron chi connectivity index (χ4n) is 1.80. The minimum atomic E-state index is 0.638. The van der Waals surface area contributed by atoms with Gasteiger partial charge in [-0.05, 0) is 19.4 Å². The molecule has 2 aromatic rings. The number of aromatic nitrogens is 4. The standard InChI is InChI=1S/C13H19N5/c1-9(2)6-14-7-11-8-17-18-13(11)12-10(3)15-4-5-16-12/h4-5,8-9,14H,6-7H2,1-3H3,(H,17,18). The molecule has 0 aliphatic carbocycles. The van der Waals surface area contributed by atoms with Crippen LogP contribution in [0.5, 0.6) is 0 Å². The topological polar surface area (TPSA) is 66.5 Å². The van der Waals surface area contributed by atoms with E-state index in [4.69, 9.17) is 0 Å². The number of hydrogen-bond donors (Lipinski definition) is 2. The van der Waals surface area contributed by atoms with Crippen molar-refractivity contribution >= 4 is 0 Å². The molecule has 0 saturated carbocycles. The molecule has 0 aromatic carbocycles. The van der Waals surface area contributed by atoms with Crippen LogP contribution in [0.15, 0.2) is 18.6 Å². The number of hydrogen-bond acceptors (Lipinski definition) is 4. The highest BCUT2D eigenvalue weighted by atomic mass is 15.1. The van der Waals surface area contributed by atoms with E-state index in [1.54, 1.807) is 12.4 Å². The molecule has 0 amide bonds. The van der Waals surface area contributed by atoms with Crippen molar-refractivity contribution < 1.29 is 0 Å². The molecule has 18 heavy (non-hydrogen) atoms. The van der Waals surface area contributed by atoms with E-state index in [0.717, 1.165) is 35.7 Å². The summed E-state index contributed by atoms with van der Waals surface area (Å²) < 4.78 is 0. The van der Waals surface area contributed by atoms with E-state index in [-0.39, 0.29) is 0 Å². The first-order valence-corrected chi connectivity index (χ1v) is 6.19. The molecule has 0 atom stereocenters. The van der Waals surface area contributed by atoms with E-state index < -0.39 is 0 Å². The van der Waals surface area contributed by atoms with Crippen molar-refractivity contribution in [2.24, 2.45) is 5.92 Å². The highest BCUT2D eigenvalue weighted by Crippen LogP contribution is 2.20. The van der Waals surface area contributed by atoms with Crippen LogP contribution >= 0.6 is 0 Å². The summed E-state index contributed by atoms with van der Waals surface area (Å²) in [6, 6.07) is 0. The Hall–Kier alpha value is -1.75. The highest BCUT2D eigenvalue weighted by molar-refractivity contribution is 5.60. The molecule has 96 valence electrons. The van der Waals surface area contributed by atoms with E-state index in [1.165, 1.54) is 0 Å². The van der Waals surface area contributed by atoms with Crippen molar-refractivity contribution in [3.63, 3.8) is 0 Å². The maximum atomic E-state index is 4.36. The van der Waals surface area contributed by atoms with E-state index in [2.05, 4.69) is 39.3 Å². The third-order valence-electron chi connectivity index (χ3n) is 2.70. The van der Waals surface area contributed by atoms with Gasteiger partial charge in [0.15, 0.2) is 0 Å². The van der Waals surface area contributed by atoms with Gasteiger partial charge >= 0.3 is 0 Å². The Morgan fingerprint density at radius 2 is 2.06 bits per heavy atom. The van der Waals surface area contributed by atoms with Crippen molar-refractivity contribution in [1.29, 1.82) is 0 Å². The first kappa shape index (κ1) is 12.7. The van der Waals surface area contributed by atoms with Crippen LogP contribution in [0.4, 0.5) is 0 Å². The molecule has 2 N–H and O–H groups in total. The molecular formula is C13H19N5. The quantitative estimate of drug-likeness (QED) is 0.844. The van der Waals surface area contributed by atoms with E-state index in [9.17, 15) is 0 Å². The van der Waals surface area contributed by atoms with Gasteiger partial charge in [0.05, 0.1) is 17.6 Å². The molecule has 2 heterocycles. The first-order valence-electron chi connectivity index (χ1n) is 6.19. The summed E-state index contributed by atoms with van der Waals surface area (Å²) in [6.45, 7) is 8.12. The minimum Gasteiger partial charge on any atom is -0.312 e. The molecule has 0 spiro atoms. The number of nitrogens with zero attached hydrogens (tertiary/aromatic N) is 3. The zero-order valence-corrected chi connectivity index (χ0v) is 11.1. The van der Waals surface area contributed by atoms with Crippen LogP contribution in [-0.4, -0.2) is 26.7 Å². The lowest BCUT2D eigenvalue weighted by molar-refractivity contribution is 0.552. The molecule has 0 aliphatic rings. The zero-order valence-electron chi connectivity index (χ0n) is 11.1. The molecule has 0 fully saturated rings. The Morgan fingerprint density at radius 3 is 2.78 bits per heavy atom. The van der Waals surface area contributed by atoms with Crippen LogP contribution in [0.25, 0.3) is 11.4 Å². The summed E-state index contributed by atoms with van der Waals surface area (Å²) in [6.07, 6.45) is 5.25. The van der Waals surface area contributed by atoms with Gasteiger partial charge in [-0.1, -0.05) is 13.8 Å². The summed E-state index contributed by atoms with van der Waals surface area (Å²) in [5, 5.41) is 10.5. The van der Waals surface area contributed by atoms with E-state index >= 15 is 0 Å². The molecule has 2 aromatic heterocycles. The lowest BCUT2D eigenvalue weighted by Gasteiger charge is -2.08. The van der Waals surface area contributed by atoms with Gasteiger partial charge in [0.2, 0.25) is 0 Å². The predicted molar refractivity (Wildman–Crippen MR) is 70.9 cm³/mol. The Bertz CT molecular complexity index is 504. The van der Waals surface area contributed by atoms with Gasteiger partial charge < -0.3 is 5.32 Å². The van der Waals surface area contributed by atoms with E-state index in [1.807, 2.05) is 13.1 Å². The van der Waals surface area contributed by atoms with Crippen LogP contribution in [0.2, 0.25) is 0 Å². The third kappa shape index (κ3) is 2.92. The van der Waals surface area contributed by atoms with Gasteiger partial charge in [0.1, 0.15) is 5.69 Å². The number of aryl methyl sites for hydroxylation is 1. The number of aromatic amines is 1. The van der Waals surface area contributed by atoms with Crippen LogP contribution < -0.4 is 5.32 Å². The smallest absolute Gasteiger partial charge is 0.110 e. The first-order chi connectivity index (χ1) is 8.68. The molecule has 2 rings (SSSR count). The molecule has 5 heteroatoms. The number of rotatable bonds is 5. The Kier molecular flexibility index (Phi) is 4.04. The molecule has 0 aliphatic heterocycles. The van der Waals surface area contributed by atoms with E-state index in [0.29, 0.717) is 5.92 Å². The zero-order chi connectivity index (χ0) is 13.0. The second-order valence-electron chi connectivity index (χ2n) is 4.79. The van der Waals surface area contributed by atoms with Crippen LogP contribution in [-0.2, 0) is 6.54 Å². The minimum absolute atomic E-state index is 0.638. The van der Waals surface area contributed by atoms with Gasteiger partial charge in [-0.25, -0.2) is 0 Å².